The van der Waals surface area contributed by atoms with Crippen LogP contribution in [0.4, 0.5) is 0 Å². The van der Waals surface area contributed by atoms with Crippen molar-refractivity contribution < 1.29 is 4.74 Å². The van der Waals surface area contributed by atoms with Crippen LogP contribution in [0.25, 0.3) is 16.8 Å². The number of ether oxygens (including phenoxy) is 1. The quantitative estimate of drug-likeness (QED) is 0.518. The third-order valence-electron chi connectivity index (χ3n) is 4.53. The van der Waals surface area contributed by atoms with Crippen LogP contribution in [0.2, 0.25) is 0 Å². The zero-order valence-corrected chi connectivity index (χ0v) is 15.1. The maximum absolute atomic E-state index is 6.04. The smallest absolute Gasteiger partial charge is 0.122 e. The van der Waals surface area contributed by atoms with E-state index in [1.165, 1.54) is 35.6 Å². The van der Waals surface area contributed by atoms with Gasteiger partial charge in [-0.25, -0.2) is 0 Å². The molecule has 0 aliphatic heterocycles. The van der Waals surface area contributed by atoms with Gasteiger partial charge >= 0.3 is 0 Å². The number of hydrogen-bond donors (Lipinski definition) is 0. The first-order valence-electron chi connectivity index (χ1n) is 9.44. The van der Waals surface area contributed by atoms with Gasteiger partial charge in [0.1, 0.15) is 5.76 Å². The fourth-order valence-corrected chi connectivity index (χ4v) is 3.12. The zero-order chi connectivity index (χ0) is 17.3. The second-order valence-corrected chi connectivity index (χ2v) is 6.46. The highest BCUT2D eigenvalue weighted by molar-refractivity contribution is 5.89. The van der Waals surface area contributed by atoms with Gasteiger partial charge in [-0.15, -0.1) is 0 Å². The summed E-state index contributed by atoms with van der Waals surface area (Å²) in [6, 6.07) is 10.4. The molecule has 2 aromatic rings. The molecule has 2 nitrogen and oxygen atoms in total. The Bertz CT molecular complexity index is 780. The molecule has 0 atom stereocenters. The van der Waals surface area contributed by atoms with Gasteiger partial charge in [-0.05, 0) is 48.9 Å². The molecule has 0 saturated carbocycles. The molecular weight excluding hydrogens is 306 g/mol. The molecule has 1 aromatic carbocycles. The van der Waals surface area contributed by atoms with E-state index in [0.29, 0.717) is 0 Å². The van der Waals surface area contributed by atoms with Gasteiger partial charge in [0.15, 0.2) is 0 Å². The molecule has 0 unspecified atom stereocenters. The highest BCUT2D eigenvalue weighted by atomic mass is 16.5. The molecule has 0 bridgehead atoms. The summed E-state index contributed by atoms with van der Waals surface area (Å²) < 4.78 is 6.04. The Morgan fingerprint density at radius 3 is 2.80 bits per heavy atom. The number of aromatic nitrogens is 1. The maximum atomic E-state index is 6.04. The Kier molecular flexibility index (Phi) is 6.44. The van der Waals surface area contributed by atoms with E-state index in [2.05, 4.69) is 66.5 Å². The van der Waals surface area contributed by atoms with Gasteiger partial charge in [-0.1, -0.05) is 56.5 Å². The molecule has 1 aliphatic carbocycles. The number of nitrogens with zero attached hydrogens (tertiary/aromatic N) is 1. The Balaban J connectivity index is 1.68. The molecule has 1 aliphatic rings. The predicted octanol–water partition coefficient (Wildman–Crippen LogP) is 6.45. The molecule has 0 fully saturated rings. The standard InChI is InChI=1S/C23H27NO/c1-2-3-4-9-18-25-23-13-8-6-11-20(23)14-15-22-21-12-7-5-10-19(21)16-17-24-22/h5,7,10-17H,2-4,6,8-9,18H2,1H3. The monoisotopic (exact) mass is 333 g/mol. The zero-order valence-electron chi connectivity index (χ0n) is 15.1. The van der Waals surface area contributed by atoms with Crippen LogP contribution in [0.5, 0.6) is 0 Å². The van der Waals surface area contributed by atoms with Crippen molar-refractivity contribution in [3.63, 3.8) is 0 Å². The average molecular weight is 333 g/mol. The second kappa shape index (κ2) is 9.22. The minimum Gasteiger partial charge on any atom is -0.493 e. The van der Waals surface area contributed by atoms with Crippen molar-refractivity contribution in [1.29, 1.82) is 0 Å². The van der Waals surface area contributed by atoms with Crippen molar-refractivity contribution in [2.45, 2.75) is 45.4 Å². The first kappa shape index (κ1) is 17.5. The van der Waals surface area contributed by atoms with Crippen LogP contribution < -0.4 is 0 Å². The number of fused-ring (bicyclic) bond motifs is 1. The predicted molar refractivity (Wildman–Crippen MR) is 106 cm³/mol. The number of rotatable bonds is 8. The summed E-state index contributed by atoms with van der Waals surface area (Å²) in [6.07, 6.45) is 17.7. The Morgan fingerprint density at radius 1 is 1.00 bits per heavy atom. The molecule has 130 valence electrons. The van der Waals surface area contributed by atoms with E-state index in [0.717, 1.165) is 37.3 Å². The molecule has 0 saturated heterocycles. The van der Waals surface area contributed by atoms with E-state index < -0.39 is 0 Å². The Morgan fingerprint density at radius 2 is 1.88 bits per heavy atom. The van der Waals surface area contributed by atoms with Crippen LogP contribution in [0.15, 0.2) is 66.1 Å². The Labute approximate surface area is 150 Å². The molecule has 0 N–H and O–H groups in total. The highest BCUT2D eigenvalue weighted by Gasteiger charge is 2.08. The van der Waals surface area contributed by atoms with Crippen LogP contribution in [0.1, 0.15) is 51.1 Å². The summed E-state index contributed by atoms with van der Waals surface area (Å²) in [5.41, 5.74) is 2.18. The fraction of sp³-hybridized carbons (Fsp3) is 0.348. The Hall–Kier alpha value is -2.35. The molecule has 0 spiro atoms. The SMILES string of the molecule is CCCCCCOC1=CCCC=C1C=Cc1nccc2ccccc12. The minimum absolute atomic E-state index is 0.809. The number of unbranched alkanes of at least 4 members (excludes halogenated alkanes) is 3. The van der Waals surface area contributed by atoms with E-state index in [1.807, 2.05) is 6.20 Å². The molecule has 0 amide bonds. The van der Waals surface area contributed by atoms with E-state index in [9.17, 15) is 0 Å². The first-order valence-corrected chi connectivity index (χ1v) is 9.44. The lowest BCUT2D eigenvalue weighted by Gasteiger charge is -2.15. The van der Waals surface area contributed by atoms with Crippen LogP contribution in [0, 0.1) is 0 Å². The molecule has 25 heavy (non-hydrogen) atoms. The van der Waals surface area contributed by atoms with Crippen LogP contribution >= 0.6 is 0 Å². The molecular formula is C23H27NO. The summed E-state index contributed by atoms with van der Waals surface area (Å²) in [5.74, 6) is 1.03. The minimum atomic E-state index is 0.809. The van der Waals surface area contributed by atoms with Gasteiger partial charge in [-0.3, -0.25) is 4.98 Å². The molecule has 3 rings (SSSR count). The van der Waals surface area contributed by atoms with Crippen molar-refractivity contribution in [3.8, 4) is 0 Å². The normalized spacial score (nSPS) is 14.6. The van der Waals surface area contributed by atoms with E-state index >= 15 is 0 Å². The van der Waals surface area contributed by atoms with Gasteiger partial charge in [0.05, 0.1) is 12.3 Å². The van der Waals surface area contributed by atoms with Gasteiger partial charge < -0.3 is 4.74 Å². The van der Waals surface area contributed by atoms with E-state index in [4.69, 9.17) is 4.74 Å². The second-order valence-electron chi connectivity index (χ2n) is 6.46. The molecule has 1 heterocycles. The van der Waals surface area contributed by atoms with Gasteiger partial charge in [0.25, 0.3) is 0 Å². The third-order valence-corrected chi connectivity index (χ3v) is 4.53. The fourth-order valence-electron chi connectivity index (χ4n) is 3.12. The van der Waals surface area contributed by atoms with Crippen LogP contribution in [0.3, 0.4) is 0 Å². The lowest BCUT2D eigenvalue weighted by atomic mass is 10.0. The van der Waals surface area contributed by atoms with Crippen molar-refractivity contribution in [3.05, 3.63) is 71.8 Å². The van der Waals surface area contributed by atoms with Crippen molar-refractivity contribution >= 4 is 16.8 Å². The lowest BCUT2D eigenvalue weighted by Crippen LogP contribution is -2.00. The summed E-state index contributed by atoms with van der Waals surface area (Å²) in [4.78, 5) is 4.54. The lowest BCUT2D eigenvalue weighted by molar-refractivity contribution is 0.212. The molecule has 0 radical (unpaired) electrons. The van der Waals surface area contributed by atoms with E-state index in [1.54, 1.807) is 0 Å². The maximum Gasteiger partial charge on any atom is 0.122 e. The topological polar surface area (TPSA) is 22.1 Å². The third kappa shape index (κ3) is 4.82. The highest BCUT2D eigenvalue weighted by Crippen LogP contribution is 2.24. The van der Waals surface area contributed by atoms with Crippen LogP contribution in [-0.2, 0) is 4.74 Å². The number of hydrogen-bond acceptors (Lipinski definition) is 2. The average Bonchev–Trinajstić information content (AvgIpc) is 2.67. The van der Waals surface area contributed by atoms with E-state index in [-0.39, 0.29) is 0 Å². The van der Waals surface area contributed by atoms with Crippen molar-refractivity contribution in [2.24, 2.45) is 0 Å². The first-order chi connectivity index (χ1) is 12.4. The van der Waals surface area contributed by atoms with Gasteiger partial charge in [-0.2, -0.15) is 0 Å². The summed E-state index contributed by atoms with van der Waals surface area (Å²) in [6.45, 7) is 3.04. The summed E-state index contributed by atoms with van der Waals surface area (Å²) in [5, 5.41) is 2.40. The van der Waals surface area contributed by atoms with Crippen molar-refractivity contribution in [1.82, 2.24) is 4.98 Å². The molecule has 1 aromatic heterocycles. The number of allylic oxidation sites excluding steroid dienone is 3. The van der Waals surface area contributed by atoms with Gasteiger partial charge in [0, 0.05) is 17.2 Å². The van der Waals surface area contributed by atoms with Crippen molar-refractivity contribution in [2.75, 3.05) is 6.61 Å². The largest absolute Gasteiger partial charge is 0.493 e. The number of pyridine rings is 1. The van der Waals surface area contributed by atoms with Gasteiger partial charge in [0.2, 0.25) is 0 Å². The van der Waals surface area contributed by atoms with Crippen LogP contribution in [-0.4, -0.2) is 11.6 Å². The molecule has 2 heteroatoms. The number of benzene rings is 1. The summed E-state index contributed by atoms with van der Waals surface area (Å²) >= 11 is 0. The summed E-state index contributed by atoms with van der Waals surface area (Å²) in [7, 11) is 0.